The molecule has 31 heavy (non-hydrogen) atoms. The van der Waals surface area contributed by atoms with Crippen molar-refractivity contribution in [3.8, 4) is 0 Å². The van der Waals surface area contributed by atoms with E-state index in [1.54, 1.807) is 0 Å². The van der Waals surface area contributed by atoms with Gasteiger partial charge in [0.25, 0.3) is 11.6 Å². The molecule has 0 aromatic heterocycles. The third kappa shape index (κ3) is 4.76. The van der Waals surface area contributed by atoms with Crippen LogP contribution in [0.4, 0.5) is 5.69 Å². The lowest BCUT2D eigenvalue weighted by molar-refractivity contribution is -0.858. The highest BCUT2D eigenvalue weighted by atomic mass is 35.5. The summed E-state index contributed by atoms with van der Waals surface area (Å²) in [5.74, 6) is -2.14. The fourth-order valence-electron chi connectivity index (χ4n) is 3.59. The molecule has 1 unspecified atom stereocenters. The normalized spacial score (nSPS) is 18.1. The van der Waals surface area contributed by atoms with Crippen LogP contribution in [-0.4, -0.2) is 48.7 Å². The van der Waals surface area contributed by atoms with E-state index in [4.69, 9.17) is 11.6 Å². The maximum atomic E-state index is 13.2. The Morgan fingerprint density at radius 3 is 2.26 bits per heavy atom. The summed E-state index contributed by atoms with van der Waals surface area (Å²) < 4.78 is 0. The van der Waals surface area contributed by atoms with Crippen LogP contribution in [0.5, 0.6) is 0 Å². The van der Waals surface area contributed by atoms with Crippen molar-refractivity contribution in [3.63, 3.8) is 0 Å². The molecule has 2 aromatic rings. The number of nitrogens with one attached hydrogen (secondary N) is 1. The number of benzene rings is 2. The second-order valence-electron chi connectivity index (χ2n) is 7.64. The highest BCUT2D eigenvalue weighted by Crippen LogP contribution is 2.39. The quantitative estimate of drug-likeness (QED) is 0.226. The summed E-state index contributed by atoms with van der Waals surface area (Å²) in [5, 5.41) is 24.7. The number of non-ortho nitro benzene ring substituents is 1. The minimum Gasteiger partial charge on any atom is -0.872 e. The molecule has 0 saturated carbocycles. The molecule has 0 aliphatic carbocycles. The molecule has 1 amide bonds. The zero-order valence-electron chi connectivity index (χ0n) is 17.1. The van der Waals surface area contributed by atoms with Gasteiger partial charge in [0.2, 0.25) is 5.78 Å². The summed E-state index contributed by atoms with van der Waals surface area (Å²) in [4.78, 5) is 38.7. The van der Waals surface area contributed by atoms with Crippen molar-refractivity contribution in [2.75, 3.05) is 27.2 Å². The van der Waals surface area contributed by atoms with Crippen LogP contribution in [0.25, 0.3) is 5.76 Å². The van der Waals surface area contributed by atoms with Crippen LogP contribution in [0.15, 0.2) is 54.1 Å². The van der Waals surface area contributed by atoms with E-state index >= 15 is 0 Å². The van der Waals surface area contributed by atoms with Gasteiger partial charge in [-0.2, -0.15) is 0 Å². The zero-order chi connectivity index (χ0) is 22.7. The largest absolute Gasteiger partial charge is 0.872 e. The minimum absolute atomic E-state index is 0.118. The summed E-state index contributed by atoms with van der Waals surface area (Å²) >= 11 is 5.89. The number of rotatable bonds is 7. The highest BCUT2D eigenvalue weighted by molar-refractivity contribution is 6.46. The number of likely N-dealkylation sites (tertiary alicyclic amines) is 1. The summed E-state index contributed by atoms with van der Waals surface area (Å²) in [5.41, 5.74) is 0.442. The average Bonchev–Trinajstić information content (AvgIpc) is 2.98. The molecule has 0 spiro atoms. The maximum Gasteiger partial charge on any atom is 0.295 e. The van der Waals surface area contributed by atoms with Crippen molar-refractivity contribution in [3.05, 3.63) is 80.4 Å². The van der Waals surface area contributed by atoms with Crippen molar-refractivity contribution in [2.24, 2.45) is 0 Å². The fraction of sp³-hybridized carbons (Fsp3) is 0.273. The standard InChI is InChI=1S/C22H22ClN3O5/c1-24(2)12-3-13-25-19(14-6-10-17(11-7-14)26(30)31)18(21(28)22(25)29)20(27)15-4-8-16(23)9-5-15/h4-11,19,27H,3,12-13H2,1-2H3/b20-18+. The first kappa shape index (κ1) is 22.5. The lowest BCUT2D eigenvalue weighted by atomic mass is 9.95. The number of nitro benzene ring substituents is 1. The van der Waals surface area contributed by atoms with Gasteiger partial charge < -0.3 is 14.9 Å². The first-order valence-electron chi connectivity index (χ1n) is 9.76. The fourth-order valence-corrected chi connectivity index (χ4v) is 3.71. The van der Waals surface area contributed by atoms with Crippen molar-refractivity contribution in [2.45, 2.75) is 12.5 Å². The van der Waals surface area contributed by atoms with Gasteiger partial charge in [-0.15, -0.1) is 0 Å². The van der Waals surface area contributed by atoms with Gasteiger partial charge in [0.05, 0.1) is 31.6 Å². The van der Waals surface area contributed by atoms with Crippen LogP contribution in [0.3, 0.4) is 0 Å². The van der Waals surface area contributed by atoms with Gasteiger partial charge in [0.15, 0.2) is 0 Å². The zero-order valence-corrected chi connectivity index (χ0v) is 17.9. The number of hydrogen-bond acceptors (Lipinski definition) is 5. The molecule has 1 saturated heterocycles. The number of quaternary nitrogens is 1. The van der Waals surface area contributed by atoms with Gasteiger partial charge in [-0.25, -0.2) is 0 Å². The average molecular weight is 444 g/mol. The molecule has 1 atom stereocenters. The molecular formula is C22H22ClN3O5. The highest BCUT2D eigenvalue weighted by Gasteiger charge is 2.44. The van der Waals surface area contributed by atoms with Crippen LogP contribution in [0.2, 0.25) is 5.02 Å². The molecule has 3 rings (SSSR count). The van der Waals surface area contributed by atoms with E-state index in [0.29, 0.717) is 17.0 Å². The van der Waals surface area contributed by atoms with Crippen molar-refractivity contribution in [1.29, 1.82) is 0 Å². The first-order valence-corrected chi connectivity index (χ1v) is 10.1. The number of halogens is 1. The predicted octanol–water partition coefficient (Wildman–Crippen LogP) is 1.01. The number of nitro groups is 1. The van der Waals surface area contributed by atoms with Gasteiger partial charge in [0, 0.05) is 35.7 Å². The molecule has 9 heteroatoms. The van der Waals surface area contributed by atoms with E-state index in [9.17, 15) is 24.8 Å². The van der Waals surface area contributed by atoms with E-state index in [1.807, 2.05) is 14.1 Å². The molecule has 1 fully saturated rings. The number of ketones is 1. The number of Topliss-reactive ketones (excluding diaryl/α,β-unsaturated/α-hetero) is 1. The van der Waals surface area contributed by atoms with Crippen LogP contribution >= 0.6 is 11.6 Å². The third-order valence-corrected chi connectivity index (χ3v) is 5.38. The number of carbonyl (C=O) groups is 2. The van der Waals surface area contributed by atoms with Crippen LogP contribution in [-0.2, 0) is 9.59 Å². The molecule has 0 radical (unpaired) electrons. The minimum atomic E-state index is -0.902. The monoisotopic (exact) mass is 443 g/mol. The number of carbonyl (C=O) groups excluding carboxylic acids is 2. The lowest BCUT2D eigenvalue weighted by Gasteiger charge is -2.27. The molecule has 162 valence electrons. The SMILES string of the molecule is C[NH+](C)CCCN1C(=O)C(=O)/C(=C(/[O-])c2ccc(Cl)cc2)C1c1ccc([N+](=O)[O-])cc1. The summed E-state index contributed by atoms with van der Waals surface area (Å²) in [6, 6.07) is 10.7. The topological polar surface area (TPSA) is 108 Å². The number of nitrogens with zero attached hydrogens (tertiary/aromatic N) is 2. The third-order valence-electron chi connectivity index (χ3n) is 5.13. The summed E-state index contributed by atoms with van der Waals surface area (Å²) in [6.07, 6.45) is 0.632. The molecule has 1 aliphatic rings. The van der Waals surface area contributed by atoms with Crippen LogP contribution in [0.1, 0.15) is 23.6 Å². The molecule has 1 N–H and O–H groups in total. The molecule has 1 aliphatic heterocycles. The first-order chi connectivity index (χ1) is 14.7. The second kappa shape index (κ2) is 9.28. The van der Waals surface area contributed by atoms with E-state index in [0.717, 1.165) is 6.54 Å². The van der Waals surface area contributed by atoms with Gasteiger partial charge in [-0.05, 0) is 35.4 Å². The smallest absolute Gasteiger partial charge is 0.295 e. The number of amides is 1. The van der Waals surface area contributed by atoms with E-state index in [2.05, 4.69) is 0 Å². The maximum absolute atomic E-state index is 13.2. The van der Waals surface area contributed by atoms with Crippen LogP contribution in [0, 0.1) is 10.1 Å². The lowest BCUT2D eigenvalue weighted by Crippen LogP contribution is -3.05. The van der Waals surface area contributed by atoms with Crippen molar-refractivity contribution in [1.82, 2.24) is 4.90 Å². The summed E-state index contributed by atoms with van der Waals surface area (Å²) in [7, 11) is 3.96. The van der Waals surface area contributed by atoms with Gasteiger partial charge in [0.1, 0.15) is 0 Å². The molecule has 8 nitrogen and oxygen atoms in total. The Bertz CT molecular complexity index is 1030. The van der Waals surface area contributed by atoms with Crippen molar-refractivity contribution >= 4 is 34.7 Å². The van der Waals surface area contributed by atoms with E-state index in [-0.39, 0.29) is 23.4 Å². The second-order valence-corrected chi connectivity index (χ2v) is 8.08. The Labute approximate surface area is 184 Å². The Morgan fingerprint density at radius 1 is 1.10 bits per heavy atom. The predicted molar refractivity (Wildman–Crippen MR) is 113 cm³/mol. The number of hydrogen-bond donors (Lipinski definition) is 1. The van der Waals surface area contributed by atoms with Gasteiger partial charge in [-0.1, -0.05) is 29.5 Å². The van der Waals surface area contributed by atoms with E-state index < -0.39 is 28.4 Å². The Kier molecular flexibility index (Phi) is 6.72. The molecular weight excluding hydrogens is 422 g/mol. The Hall–Kier alpha value is -3.23. The summed E-state index contributed by atoms with van der Waals surface area (Å²) in [6.45, 7) is 1.06. The molecule has 2 aromatic carbocycles. The van der Waals surface area contributed by atoms with Gasteiger partial charge >= 0.3 is 0 Å². The van der Waals surface area contributed by atoms with Crippen LogP contribution < -0.4 is 10.0 Å². The molecule has 1 heterocycles. The Morgan fingerprint density at radius 2 is 1.71 bits per heavy atom. The Balaban J connectivity index is 2.09. The molecule has 0 bridgehead atoms. The van der Waals surface area contributed by atoms with Crippen molar-refractivity contribution < 1.29 is 24.5 Å². The van der Waals surface area contributed by atoms with E-state index in [1.165, 1.54) is 58.3 Å². The van der Waals surface area contributed by atoms with Gasteiger partial charge in [-0.3, -0.25) is 19.7 Å².